The fourth-order valence-corrected chi connectivity index (χ4v) is 5.32. The van der Waals surface area contributed by atoms with Gasteiger partial charge in [-0.25, -0.2) is 13.2 Å². The number of nitrogens with one attached hydrogen (secondary N) is 1. The number of rotatable bonds is 4. The van der Waals surface area contributed by atoms with Crippen LogP contribution in [0.15, 0.2) is 24.3 Å². The first-order chi connectivity index (χ1) is 15.3. The highest BCUT2D eigenvalue weighted by atomic mass is 32.2. The Bertz CT molecular complexity index is 1150. The van der Waals surface area contributed by atoms with Gasteiger partial charge in [-0.3, -0.25) is 4.72 Å². The van der Waals surface area contributed by atoms with E-state index in [0.29, 0.717) is 47.5 Å². The summed E-state index contributed by atoms with van der Waals surface area (Å²) in [6.07, 6.45) is -0.225. The van der Waals surface area contributed by atoms with Crippen LogP contribution in [-0.4, -0.2) is 37.5 Å². The molecule has 33 heavy (non-hydrogen) atoms. The van der Waals surface area contributed by atoms with Gasteiger partial charge in [0.25, 0.3) is 0 Å². The number of hydrogen-bond donors (Lipinski definition) is 2. The second-order valence-corrected chi connectivity index (χ2v) is 11.4. The maximum Gasteiger partial charge on any atom is 0.337 e. The van der Waals surface area contributed by atoms with Crippen molar-refractivity contribution in [2.45, 2.75) is 66.1 Å². The molecule has 0 saturated carbocycles. The number of sulfonamides is 1. The molecule has 0 aliphatic carbocycles. The summed E-state index contributed by atoms with van der Waals surface area (Å²) in [5, 5.41) is 10.2. The Hall–Kier alpha value is -2.58. The van der Waals surface area contributed by atoms with Crippen molar-refractivity contribution in [1.29, 1.82) is 0 Å². The Morgan fingerprint density at radius 1 is 1.09 bits per heavy atom. The third kappa shape index (κ3) is 5.68. The van der Waals surface area contributed by atoms with Crippen LogP contribution in [0.3, 0.4) is 0 Å². The van der Waals surface area contributed by atoms with Gasteiger partial charge < -0.3 is 14.6 Å². The average molecular weight is 476 g/mol. The highest BCUT2D eigenvalue weighted by Crippen LogP contribution is 2.47. The molecular weight excluding hydrogens is 442 g/mol. The van der Waals surface area contributed by atoms with Gasteiger partial charge in [-0.2, -0.15) is 0 Å². The molecule has 1 aliphatic heterocycles. The fraction of sp³-hybridized carbons (Fsp3) is 0.480. The molecule has 3 rings (SSSR count). The molecule has 8 heteroatoms. The van der Waals surface area contributed by atoms with E-state index < -0.39 is 27.7 Å². The number of anilines is 1. The van der Waals surface area contributed by atoms with E-state index in [1.165, 1.54) is 0 Å². The molecule has 0 fully saturated rings. The molecule has 0 aromatic heterocycles. The molecule has 0 saturated heterocycles. The lowest BCUT2D eigenvalue weighted by atomic mass is 9.86. The number of aliphatic carboxylic acids is 1. The summed E-state index contributed by atoms with van der Waals surface area (Å²) in [6, 6.07) is 7.78. The maximum absolute atomic E-state index is 12.7. The summed E-state index contributed by atoms with van der Waals surface area (Å²) in [5.41, 5.74) is 3.67. The Balaban J connectivity index is 2.41. The summed E-state index contributed by atoms with van der Waals surface area (Å²) in [5.74, 6) is -0.741. The predicted molar refractivity (Wildman–Crippen MR) is 129 cm³/mol. The van der Waals surface area contributed by atoms with Gasteiger partial charge in [0.1, 0.15) is 5.75 Å². The minimum atomic E-state index is -3.62. The largest absolute Gasteiger partial charge is 0.491 e. The van der Waals surface area contributed by atoms with Crippen molar-refractivity contribution >= 4 is 21.7 Å². The lowest BCUT2D eigenvalue weighted by molar-refractivity contribution is -0.160. The molecule has 180 valence electrons. The van der Waals surface area contributed by atoms with Crippen molar-refractivity contribution in [1.82, 2.24) is 0 Å². The van der Waals surface area contributed by atoms with Gasteiger partial charge in [-0.05, 0) is 71.1 Å². The molecule has 7 nitrogen and oxygen atoms in total. The van der Waals surface area contributed by atoms with E-state index in [9.17, 15) is 18.3 Å². The third-order valence-corrected chi connectivity index (χ3v) is 6.94. The molecule has 0 spiro atoms. The van der Waals surface area contributed by atoms with Crippen LogP contribution < -0.4 is 9.46 Å². The van der Waals surface area contributed by atoms with Crippen LogP contribution in [0, 0.1) is 20.8 Å². The van der Waals surface area contributed by atoms with Gasteiger partial charge in [0.15, 0.2) is 6.10 Å². The van der Waals surface area contributed by atoms with Crippen LogP contribution in [-0.2, 0) is 19.6 Å². The molecule has 0 amide bonds. The highest BCUT2D eigenvalue weighted by Gasteiger charge is 2.35. The van der Waals surface area contributed by atoms with E-state index in [1.54, 1.807) is 27.7 Å². The molecule has 1 heterocycles. The lowest BCUT2D eigenvalue weighted by Crippen LogP contribution is -2.29. The number of fused-ring (bicyclic) bond motifs is 1. The SMILES string of the molecule is Cc1ccc(-c2c(C)c3c(c(C)c2[C@H](OC(C)(C)C)C(=O)O)NS(=O)(=O)CCCCO3)cc1. The van der Waals surface area contributed by atoms with Crippen LogP contribution >= 0.6 is 0 Å². The monoisotopic (exact) mass is 475 g/mol. The van der Waals surface area contributed by atoms with Crippen LogP contribution in [0.2, 0.25) is 0 Å². The number of carboxylic acids is 1. The Morgan fingerprint density at radius 3 is 2.30 bits per heavy atom. The highest BCUT2D eigenvalue weighted by molar-refractivity contribution is 7.92. The number of benzene rings is 2. The van der Waals surface area contributed by atoms with Crippen molar-refractivity contribution in [2.24, 2.45) is 0 Å². The Labute approximate surface area is 196 Å². The van der Waals surface area contributed by atoms with E-state index >= 15 is 0 Å². The van der Waals surface area contributed by atoms with Gasteiger partial charge in [-0.1, -0.05) is 29.8 Å². The van der Waals surface area contributed by atoms with Crippen LogP contribution in [0.4, 0.5) is 5.69 Å². The van der Waals surface area contributed by atoms with E-state index in [4.69, 9.17) is 9.47 Å². The van der Waals surface area contributed by atoms with E-state index in [2.05, 4.69) is 4.72 Å². The Kier molecular flexibility index (Phi) is 7.10. The van der Waals surface area contributed by atoms with Gasteiger partial charge >= 0.3 is 5.97 Å². The molecule has 2 N–H and O–H groups in total. The molecule has 0 radical (unpaired) electrons. The molecular formula is C25H33NO6S. The Morgan fingerprint density at radius 2 is 1.73 bits per heavy atom. The quantitative estimate of drug-likeness (QED) is 0.635. The van der Waals surface area contributed by atoms with E-state index in [0.717, 1.165) is 11.1 Å². The first kappa shape index (κ1) is 25.1. The summed E-state index contributed by atoms with van der Waals surface area (Å²) in [7, 11) is -3.62. The second kappa shape index (κ2) is 9.35. The first-order valence-corrected chi connectivity index (χ1v) is 12.7. The zero-order chi connectivity index (χ0) is 24.6. The number of ether oxygens (including phenoxy) is 2. The summed E-state index contributed by atoms with van der Waals surface area (Å²) < 4.78 is 40.2. The van der Waals surface area contributed by atoms with Crippen LogP contribution in [0.25, 0.3) is 11.1 Å². The predicted octanol–water partition coefficient (Wildman–Crippen LogP) is 5.13. The molecule has 2 aromatic carbocycles. The minimum Gasteiger partial charge on any atom is -0.491 e. The van der Waals surface area contributed by atoms with Gasteiger partial charge in [0, 0.05) is 11.1 Å². The number of carboxylic acid groups (broad SMARTS) is 1. The average Bonchev–Trinajstić information content (AvgIpc) is 2.77. The molecule has 0 unspecified atom stereocenters. The van der Waals surface area contributed by atoms with Gasteiger partial charge in [0.05, 0.1) is 23.6 Å². The van der Waals surface area contributed by atoms with E-state index in [1.807, 2.05) is 38.1 Å². The first-order valence-electron chi connectivity index (χ1n) is 11.1. The number of aryl methyl sites for hydroxylation is 1. The lowest BCUT2D eigenvalue weighted by Gasteiger charge is -2.30. The smallest absolute Gasteiger partial charge is 0.337 e. The van der Waals surface area contributed by atoms with Crippen molar-refractivity contribution in [3.8, 4) is 16.9 Å². The van der Waals surface area contributed by atoms with Crippen molar-refractivity contribution < 1.29 is 27.8 Å². The van der Waals surface area contributed by atoms with Crippen LogP contribution in [0.1, 0.15) is 62.0 Å². The zero-order valence-electron chi connectivity index (χ0n) is 20.1. The second-order valence-electron chi connectivity index (χ2n) is 9.53. The van der Waals surface area contributed by atoms with E-state index in [-0.39, 0.29) is 11.4 Å². The van der Waals surface area contributed by atoms with Gasteiger partial charge in [0.2, 0.25) is 10.0 Å². The maximum atomic E-state index is 12.7. The third-order valence-electron chi connectivity index (χ3n) is 5.60. The normalized spacial score (nSPS) is 16.9. The molecule has 0 bridgehead atoms. The summed E-state index contributed by atoms with van der Waals surface area (Å²) in [6.45, 7) is 11.3. The molecule has 1 aliphatic rings. The van der Waals surface area contributed by atoms with Crippen molar-refractivity contribution in [3.63, 3.8) is 0 Å². The fourth-order valence-electron chi connectivity index (χ4n) is 4.08. The van der Waals surface area contributed by atoms with Crippen molar-refractivity contribution in [3.05, 3.63) is 46.5 Å². The van der Waals surface area contributed by atoms with Crippen molar-refractivity contribution in [2.75, 3.05) is 17.1 Å². The summed E-state index contributed by atoms with van der Waals surface area (Å²) >= 11 is 0. The zero-order valence-corrected chi connectivity index (χ0v) is 20.9. The molecule has 1 atom stereocenters. The minimum absolute atomic E-state index is 0.0236. The summed E-state index contributed by atoms with van der Waals surface area (Å²) in [4.78, 5) is 12.5. The topological polar surface area (TPSA) is 102 Å². The standard InChI is InChI=1S/C25H33NO6S/c1-15-9-11-18(12-10-15)19-17(3)22-21(26-33(29,30)14-8-7-13-31-22)16(2)20(19)23(24(27)28)32-25(4,5)6/h9-12,23,26H,7-8,13-14H2,1-6H3,(H,27,28)/t23-/m0/s1. The number of carbonyl (C=O) groups is 1. The van der Waals surface area contributed by atoms with Gasteiger partial charge in [-0.15, -0.1) is 0 Å². The van der Waals surface area contributed by atoms with Crippen LogP contribution in [0.5, 0.6) is 5.75 Å². The molecule has 2 aromatic rings. The number of hydrogen-bond acceptors (Lipinski definition) is 5.